The highest BCUT2D eigenvalue weighted by Crippen LogP contribution is 2.14. The molecule has 0 aliphatic rings. The maximum Gasteiger partial charge on any atom is 0.180 e. The standard InChI is InChI=1S/C7H8NO/c1-8-6-3-2-4-7(9)5-6/h2-5,8H,1H3. The largest absolute Gasteiger partial charge is 0.388 e. The lowest BCUT2D eigenvalue weighted by molar-refractivity contribution is 0.355. The van der Waals surface area contributed by atoms with Crippen LogP contribution in [0.25, 0.3) is 0 Å². The number of hydrogen-bond donors (Lipinski definition) is 1. The Morgan fingerprint density at radius 3 is 2.67 bits per heavy atom. The lowest BCUT2D eigenvalue weighted by Crippen LogP contribution is -1.84. The van der Waals surface area contributed by atoms with Gasteiger partial charge >= 0.3 is 0 Å². The van der Waals surface area contributed by atoms with Gasteiger partial charge in [-0.1, -0.05) is 6.07 Å². The summed E-state index contributed by atoms with van der Waals surface area (Å²) >= 11 is 0. The number of anilines is 1. The first-order valence-electron chi connectivity index (χ1n) is 2.78. The van der Waals surface area contributed by atoms with E-state index >= 15 is 0 Å². The minimum Gasteiger partial charge on any atom is -0.388 e. The normalized spacial score (nSPS) is 9.00. The molecule has 2 nitrogen and oxygen atoms in total. The molecular weight excluding hydrogens is 114 g/mol. The second-order valence-corrected chi connectivity index (χ2v) is 1.78. The molecule has 1 rings (SSSR count). The molecule has 1 radical (unpaired) electrons. The highest BCUT2D eigenvalue weighted by atomic mass is 16.3. The molecule has 0 saturated carbocycles. The van der Waals surface area contributed by atoms with Crippen LogP contribution in [0.1, 0.15) is 0 Å². The van der Waals surface area contributed by atoms with Gasteiger partial charge in [0.1, 0.15) is 0 Å². The average Bonchev–Trinajstić information content (AvgIpc) is 1.88. The molecular formula is C7H8NO. The first-order valence-corrected chi connectivity index (χ1v) is 2.78. The molecule has 1 aromatic rings. The lowest BCUT2D eigenvalue weighted by Gasteiger charge is -1.95. The van der Waals surface area contributed by atoms with Crippen molar-refractivity contribution in [1.29, 1.82) is 0 Å². The van der Waals surface area contributed by atoms with Crippen molar-refractivity contribution >= 4 is 5.69 Å². The summed E-state index contributed by atoms with van der Waals surface area (Å²) in [5.41, 5.74) is 0.863. The molecule has 0 spiro atoms. The van der Waals surface area contributed by atoms with Crippen LogP contribution in [0, 0.1) is 0 Å². The van der Waals surface area contributed by atoms with Crippen molar-refractivity contribution in [3.63, 3.8) is 0 Å². The third-order valence-electron chi connectivity index (χ3n) is 1.12. The summed E-state index contributed by atoms with van der Waals surface area (Å²) in [6.45, 7) is 0. The van der Waals surface area contributed by atoms with Gasteiger partial charge in [0.05, 0.1) is 0 Å². The smallest absolute Gasteiger partial charge is 0.180 e. The first-order chi connectivity index (χ1) is 4.33. The topological polar surface area (TPSA) is 31.9 Å². The van der Waals surface area contributed by atoms with Crippen LogP contribution in [-0.4, -0.2) is 7.05 Å². The molecule has 0 saturated heterocycles. The van der Waals surface area contributed by atoms with Crippen molar-refractivity contribution in [3.8, 4) is 5.75 Å². The Morgan fingerprint density at radius 2 is 2.22 bits per heavy atom. The van der Waals surface area contributed by atoms with Crippen molar-refractivity contribution < 1.29 is 5.11 Å². The summed E-state index contributed by atoms with van der Waals surface area (Å²) in [6, 6.07) is 6.66. The van der Waals surface area contributed by atoms with E-state index in [9.17, 15) is 5.11 Å². The summed E-state index contributed by atoms with van der Waals surface area (Å²) in [6.07, 6.45) is 0. The van der Waals surface area contributed by atoms with Crippen LogP contribution in [-0.2, 0) is 5.11 Å². The fourth-order valence-electron chi connectivity index (χ4n) is 0.652. The van der Waals surface area contributed by atoms with Gasteiger partial charge in [0.2, 0.25) is 0 Å². The quantitative estimate of drug-likeness (QED) is 0.605. The van der Waals surface area contributed by atoms with Crippen LogP contribution >= 0.6 is 0 Å². The number of hydrogen-bond acceptors (Lipinski definition) is 1. The molecule has 2 heteroatoms. The Balaban J connectivity index is 2.94. The van der Waals surface area contributed by atoms with Gasteiger partial charge < -0.3 is 5.32 Å². The van der Waals surface area contributed by atoms with Crippen LogP contribution in [0.4, 0.5) is 5.69 Å². The lowest BCUT2D eigenvalue weighted by atomic mass is 10.3. The first kappa shape index (κ1) is 5.95. The molecule has 1 N–H and O–H groups in total. The maximum absolute atomic E-state index is 10.6. The van der Waals surface area contributed by atoms with Crippen LogP contribution in [0.2, 0.25) is 0 Å². The molecule has 0 atom stereocenters. The van der Waals surface area contributed by atoms with Crippen molar-refractivity contribution in [1.82, 2.24) is 0 Å². The van der Waals surface area contributed by atoms with E-state index in [1.165, 1.54) is 6.07 Å². The minimum absolute atomic E-state index is 0.0434. The molecule has 47 valence electrons. The average molecular weight is 122 g/mol. The summed E-state index contributed by atoms with van der Waals surface area (Å²) in [5, 5.41) is 13.5. The fraction of sp³-hybridized carbons (Fsp3) is 0.143. The molecule has 0 bridgehead atoms. The summed E-state index contributed by atoms with van der Waals surface area (Å²) < 4.78 is 0. The van der Waals surface area contributed by atoms with Gasteiger partial charge in [-0.05, 0) is 12.1 Å². The molecule has 0 heterocycles. The van der Waals surface area contributed by atoms with Crippen LogP contribution in [0.15, 0.2) is 24.3 Å². The van der Waals surface area contributed by atoms with E-state index in [-0.39, 0.29) is 5.75 Å². The third-order valence-corrected chi connectivity index (χ3v) is 1.12. The van der Waals surface area contributed by atoms with E-state index < -0.39 is 0 Å². The number of nitrogens with one attached hydrogen (secondary N) is 1. The predicted molar refractivity (Wildman–Crippen MR) is 36.1 cm³/mol. The van der Waals surface area contributed by atoms with Gasteiger partial charge in [-0.2, -0.15) is 0 Å². The third kappa shape index (κ3) is 1.35. The van der Waals surface area contributed by atoms with Crippen molar-refractivity contribution in [2.45, 2.75) is 0 Å². The minimum atomic E-state index is 0.0434. The summed E-state index contributed by atoms with van der Waals surface area (Å²) in [4.78, 5) is 0. The zero-order chi connectivity index (χ0) is 6.69. The fourth-order valence-corrected chi connectivity index (χ4v) is 0.652. The zero-order valence-electron chi connectivity index (χ0n) is 5.22. The summed E-state index contributed by atoms with van der Waals surface area (Å²) in [7, 11) is 1.79. The van der Waals surface area contributed by atoms with Crippen LogP contribution in [0.5, 0.6) is 5.75 Å². The molecule has 1 aromatic carbocycles. The number of rotatable bonds is 1. The van der Waals surface area contributed by atoms with Gasteiger partial charge in [-0.25, -0.2) is 0 Å². The summed E-state index contributed by atoms with van der Waals surface area (Å²) in [5.74, 6) is 0.0434. The van der Waals surface area contributed by atoms with Crippen molar-refractivity contribution in [2.75, 3.05) is 12.4 Å². The van der Waals surface area contributed by atoms with E-state index in [1.54, 1.807) is 19.2 Å². The molecule has 0 amide bonds. The molecule has 0 unspecified atom stereocenters. The second-order valence-electron chi connectivity index (χ2n) is 1.78. The van der Waals surface area contributed by atoms with Gasteiger partial charge in [0, 0.05) is 18.8 Å². The van der Waals surface area contributed by atoms with E-state index in [0.29, 0.717) is 0 Å². The Morgan fingerprint density at radius 1 is 1.44 bits per heavy atom. The highest BCUT2D eigenvalue weighted by molar-refractivity contribution is 5.46. The monoisotopic (exact) mass is 122 g/mol. The van der Waals surface area contributed by atoms with Crippen LogP contribution in [0.3, 0.4) is 0 Å². The van der Waals surface area contributed by atoms with Gasteiger partial charge in [-0.3, -0.25) is 5.11 Å². The number of benzene rings is 1. The molecule has 0 aliphatic heterocycles. The maximum atomic E-state index is 10.6. The van der Waals surface area contributed by atoms with E-state index in [4.69, 9.17) is 0 Å². The van der Waals surface area contributed by atoms with E-state index in [1.807, 2.05) is 6.07 Å². The SMILES string of the molecule is CNc1cccc([O])c1. The molecule has 0 fully saturated rings. The molecule has 9 heavy (non-hydrogen) atoms. The Labute approximate surface area is 54.1 Å². The van der Waals surface area contributed by atoms with E-state index in [0.717, 1.165) is 5.69 Å². The molecule has 0 aromatic heterocycles. The van der Waals surface area contributed by atoms with Crippen molar-refractivity contribution in [2.24, 2.45) is 0 Å². The zero-order valence-corrected chi connectivity index (χ0v) is 5.22. The highest BCUT2D eigenvalue weighted by Gasteiger charge is 1.89. The molecule has 0 aliphatic carbocycles. The Hall–Kier alpha value is -1.18. The predicted octanol–water partition coefficient (Wildman–Crippen LogP) is 1.87. The van der Waals surface area contributed by atoms with Crippen molar-refractivity contribution in [3.05, 3.63) is 24.3 Å². The van der Waals surface area contributed by atoms with Crippen LogP contribution < -0.4 is 5.32 Å². The Kier molecular flexibility index (Phi) is 1.58. The Bertz CT molecular complexity index is 198. The second kappa shape index (κ2) is 2.40. The van der Waals surface area contributed by atoms with Gasteiger partial charge in [0.25, 0.3) is 0 Å². The van der Waals surface area contributed by atoms with Gasteiger partial charge in [-0.15, -0.1) is 0 Å². The van der Waals surface area contributed by atoms with E-state index in [2.05, 4.69) is 5.32 Å². The van der Waals surface area contributed by atoms with Gasteiger partial charge in [0.15, 0.2) is 5.75 Å².